The van der Waals surface area contributed by atoms with Gasteiger partial charge in [0.15, 0.2) is 5.11 Å². The number of amides is 1. The van der Waals surface area contributed by atoms with E-state index >= 15 is 0 Å². The van der Waals surface area contributed by atoms with Crippen LogP contribution in [0.5, 0.6) is 11.5 Å². The van der Waals surface area contributed by atoms with Crippen molar-refractivity contribution in [3.05, 3.63) is 64.9 Å². The van der Waals surface area contributed by atoms with Crippen LogP contribution in [0.1, 0.15) is 43.9 Å². The number of ether oxygens (including phenoxy) is 2. The van der Waals surface area contributed by atoms with Crippen LogP contribution in [-0.4, -0.2) is 25.2 Å². The van der Waals surface area contributed by atoms with Crippen LogP contribution in [-0.2, 0) is 4.79 Å². The maximum absolute atomic E-state index is 13.3. The predicted molar refractivity (Wildman–Crippen MR) is 123 cm³/mol. The number of allylic oxidation sites excluding steroid dienone is 1. The smallest absolute Gasteiger partial charge is 0.255 e. The van der Waals surface area contributed by atoms with Gasteiger partial charge >= 0.3 is 0 Å². The van der Waals surface area contributed by atoms with Gasteiger partial charge in [0.25, 0.3) is 5.91 Å². The number of hydrogen-bond acceptors (Lipinski definition) is 4. The minimum atomic E-state index is -0.364. The molecule has 3 rings (SSSR count). The van der Waals surface area contributed by atoms with Crippen LogP contribution < -0.4 is 25.4 Å². The summed E-state index contributed by atoms with van der Waals surface area (Å²) in [7, 11) is 3.13. The summed E-state index contributed by atoms with van der Waals surface area (Å²) >= 11 is 5.34. The second-order valence-corrected chi connectivity index (χ2v) is 7.82. The van der Waals surface area contributed by atoms with Gasteiger partial charge in [-0.15, -0.1) is 0 Å². The van der Waals surface area contributed by atoms with E-state index in [1.807, 2.05) is 19.1 Å². The highest BCUT2D eigenvalue weighted by atomic mass is 32.1. The Morgan fingerprint density at radius 2 is 1.80 bits per heavy atom. The Morgan fingerprint density at radius 3 is 2.40 bits per heavy atom. The Labute approximate surface area is 182 Å². The van der Waals surface area contributed by atoms with E-state index in [-0.39, 0.29) is 11.9 Å². The number of hydrogen-bond donors (Lipinski definition) is 3. The van der Waals surface area contributed by atoms with E-state index in [0.29, 0.717) is 39.5 Å². The van der Waals surface area contributed by atoms with Crippen LogP contribution >= 0.6 is 12.2 Å². The van der Waals surface area contributed by atoms with Crippen molar-refractivity contribution in [1.29, 1.82) is 0 Å². The van der Waals surface area contributed by atoms with Crippen molar-refractivity contribution in [3.63, 3.8) is 0 Å². The first-order valence-electron chi connectivity index (χ1n) is 9.75. The number of carbonyl (C=O) groups excluding carboxylic acids is 1. The van der Waals surface area contributed by atoms with Gasteiger partial charge in [-0.25, -0.2) is 0 Å². The van der Waals surface area contributed by atoms with E-state index in [2.05, 4.69) is 41.9 Å². The van der Waals surface area contributed by atoms with Crippen LogP contribution in [0.3, 0.4) is 0 Å². The Balaban J connectivity index is 1.95. The summed E-state index contributed by atoms with van der Waals surface area (Å²) in [5, 5.41) is 9.73. The van der Waals surface area contributed by atoms with Crippen molar-refractivity contribution in [2.24, 2.45) is 0 Å². The molecule has 30 heavy (non-hydrogen) atoms. The fourth-order valence-corrected chi connectivity index (χ4v) is 3.69. The molecule has 0 radical (unpaired) electrons. The highest BCUT2D eigenvalue weighted by Crippen LogP contribution is 2.32. The molecule has 1 heterocycles. The lowest BCUT2D eigenvalue weighted by atomic mass is 9.92. The number of anilines is 1. The fourth-order valence-electron chi connectivity index (χ4n) is 3.42. The van der Waals surface area contributed by atoms with E-state index in [4.69, 9.17) is 21.7 Å². The molecular weight excluding hydrogens is 398 g/mol. The maximum Gasteiger partial charge on any atom is 0.255 e. The van der Waals surface area contributed by atoms with Crippen LogP contribution in [0, 0.1) is 0 Å². The molecule has 0 aromatic heterocycles. The molecule has 3 N–H and O–H groups in total. The molecule has 6 nitrogen and oxygen atoms in total. The molecule has 0 saturated heterocycles. The summed E-state index contributed by atoms with van der Waals surface area (Å²) in [5.41, 5.74) is 4.00. The minimum Gasteiger partial charge on any atom is -0.497 e. The third-order valence-electron chi connectivity index (χ3n) is 5.11. The lowest BCUT2D eigenvalue weighted by Crippen LogP contribution is -2.45. The zero-order chi connectivity index (χ0) is 21.8. The van der Waals surface area contributed by atoms with Gasteiger partial charge in [0.1, 0.15) is 11.5 Å². The van der Waals surface area contributed by atoms with Crippen LogP contribution in [0.15, 0.2) is 53.7 Å². The van der Waals surface area contributed by atoms with E-state index < -0.39 is 0 Å². The van der Waals surface area contributed by atoms with Gasteiger partial charge in [0, 0.05) is 11.8 Å². The topological polar surface area (TPSA) is 71.6 Å². The van der Waals surface area contributed by atoms with Gasteiger partial charge in [-0.3, -0.25) is 4.79 Å². The van der Waals surface area contributed by atoms with Gasteiger partial charge in [-0.2, -0.15) is 0 Å². The standard InChI is InChI=1S/C23H27N3O3S/c1-13(2)15-6-8-16(9-7-15)21-20(14(3)24-23(30)26-21)22(27)25-18-12-17(28-4)10-11-19(18)29-5/h6-13,21H,1-5H3,(H,25,27)(H2,24,26,30). The molecule has 1 aliphatic rings. The van der Waals surface area contributed by atoms with E-state index in [1.165, 1.54) is 5.56 Å². The Bertz CT molecular complexity index is 984. The zero-order valence-corrected chi connectivity index (χ0v) is 18.6. The Hall–Kier alpha value is -3.06. The number of methoxy groups -OCH3 is 2. The van der Waals surface area contributed by atoms with Gasteiger partial charge in [0.05, 0.1) is 31.5 Å². The van der Waals surface area contributed by atoms with Crippen LogP contribution in [0.2, 0.25) is 0 Å². The van der Waals surface area contributed by atoms with Crippen molar-refractivity contribution >= 4 is 28.9 Å². The molecule has 2 aromatic carbocycles. The molecule has 1 aliphatic heterocycles. The molecule has 2 aromatic rings. The van der Waals surface area contributed by atoms with Crippen molar-refractivity contribution in [2.75, 3.05) is 19.5 Å². The molecule has 158 valence electrons. The van der Waals surface area contributed by atoms with E-state index in [1.54, 1.807) is 32.4 Å². The number of nitrogens with one attached hydrogen (secondary N) is 3. The lowest BCUT2D eigenvalue weighted by molar-refractivity contribution is -0.113. The molecular formula is C23H27N3O3S. The van der Waals surface area contributed by atoms with E-state index in [9.17, 15) is 4.79 Å². The summed E-state index contributed by atoms with van der Waals surface area (Å²) in [6.45, 7) is 6.15. The van der Waals surface area contributed by atoms with Gasteiger partial charge in [0.2, 0.25) is 0 Å². The fraction of sp³-hybridized carbons (Fsp3) is 0.304. The molecule has 0 spiro atoms. The van der Waals surface area contributed by atoms with Gasteiger partial charge in [-0.1, -0.05) is 38.1 Å². The number of carbonyl (C=O) groups is 1. The van der Waals surface area contributed by atoms with Crippen molar-refractivity contribution in [1.82, 2.24) is 10.6 Å². The average molecular weight is 426 g/mol. The molecule has 7 heteroatoms. The normalized spacial score (nSPS) is 16.1. The second-order valence-electron chi connectivity index (χ2n) is 7.41. The molecule has 0 aliphatic carbocycles. The molecule has 0 fully saturated rings. The quantitative estimate of drug-likeness (QED) is 0.601. The summed E-state index contributed by atoms with van der Waals surface area (Å²) < 4.78 is 10.7. The SMILES string of the molecule is COc1ccc(OC)c(NC(=O)C2=C(C)NC(=S)NC2c2ccc(C(C)C)cc2)c1. The molecule has 1 atom stereocenters. The van der Waals surface area contributed by atoms with E-state index in [0.717, 1.165) is 5.56 Å². The van der Waals surface area contributed by atoms with Crippen molar-refractivity contribution < 1.29 is 14.3 Å². The van der Waals surface area contributed by atoms with Crippen LogP contribution in [0.4, 0.5) is 5.69 Å². The first-order valence-corrected chi connectivity index (χ1v) is 10.2. The lowest BCUT2D eigenvalue weighted by Gasteiger charge is -2.30. The van der Waals surface area contributed by atoms with Gasteiger partial charge < -0.3 is 25.4 Å². The molecule has 1 unspecified atom stereocenters. The summed E-state index contributed by atoms with van der Waals surface area (Å²) in [6, 6.07) is 13.1. The molecule has 1 amide bonds. The van der Waals surface area contributed by atoms with Crippen molar-refractivity contribution in [2.45, 2.75) is 32.7 Å². The number of rotatable bonds is 6. The number of benzene rings is 2. The first kappa shape index (κ1) is 21.6. The maximum atomic E-state index is 13.3. The third kappa shape index (κ3) is 4.57. The van der Waals surface area contributed by atoms with Crippen molar-refractivity contribution in [3.8, 4) is 11.5 Å². The summed E-state index contributed by atoms with van der Waals surface area (Å²) in [5.74, 6) is 1.35. The molecule has 0 bridgehead atoms. The Kier molecular flexibility index (Phi) is 6.62. The Morgan fingerprint density at radius 1 is 1.10 bits per heavy atom. The predicted octanol–water partition coefficient (Wildman–Crippen LogP) is 4.26. The van der Waals surface area contributed by atoms with Crippen LogP contribution in [0.25, 0.3) is 0 Å². The summed E-state index contributed by atoms with van der Waals surface area (Å²) in [6.07, 6.45) is 0. The average Bonchev–Trinajstić information content (AvgIpc) is 2.73. The number of thiocarbonyl (C=S) groups is 1. The highest BCUT2D eigenvalue weighted by Gasteiger charge is 2.30. The zero-order valence-electron chi connectivity index (χ0n) is 17.8. The third-order valence-corrected chi connectivity index (χ3v) is 5.32. The second kappa shape index (κ2) is 9.17. The van der Waals surface area contributed by atoms with Gasteiger partial charge in [-0.05, 0) is 48.3 Å². The minimum absolute atomic E-state index is 0.250. The summed E-state index contributed by atoms with van der Waals surface area (Å²) in [4.78, 5) is 13.3. The monoisotopic (exact) mass is 425 g/mol. The largest absolute Gasteiger partial charge is 0.497 e. The molecule has 0 saturated carbocycles. The first-order chi connectivity index (χ1) is 14.3. The highest BCUT2D eigenvalue weighted by molar-refractivity contribution is 7.80.